The van der Waals surface area contributed by atoms with Gasteiger partial charge in [0.2, 0.25) is 5.82 Å². The van der Waals surface area contributed by atoms with Gasteiger partial charge in [-0.25, -0.2) is 14.5 Å². The second-order valence-corrected chi connectivity index (χ2v) is 4.41. The summed E-state index contributed by atoms with van der Waals surface area (Å²) in [7, 11) is 0. The first-order valence-corrected chi connectivity index (χ1v) is 6.06. The Labute approximate surface area is 114 Å². The van der Waals surface area contributed by atoms with Gasteiger partial charge in [-0.15, -0.1) is 5.10 Å². The lowest BCUT2D eigenvalue weighted by molar-refractivity contribution is 0.101. The molecule has 0 spiro atoms. The van der Waals surface area contributed by atoms with E-state index in [-0.39, 0.29) is 5.82 Å². The highest BCUT2D eigenvalue weighted by Crippen LogP contribution is 2.07. The Hall–Kier alpha value is -2.83. The lowest BCUT2D eigenvalue weighted by Crippen LogP contribution is -2.15. The van der Waals surface area contributed by atoms with Crippen molar-refractivity contribution >= 4 is 17.5 Å². The van der Waals surface area contributed by atoms with Gasteiger partial charge in [-0.05, 0) is 37.6 Å². The van der Waals surface area contributed by atoms with Crippen molar-refractivity contribution in [2.24, 2.45) is 0 Å². The van der Waals surface area contributed by atoms with E-state index in [0.29, 0.717) is 11.6 Å². The van der Waals surface area contributed by atoms with Crippen LogP contribution in [0.25, 0.3) is 5.78 Å². The van der Waals surface area contributed by atoms with Crippen molar-refractivity contribution in [1.29, 1.82) is 0 Å². The van der Waals surface area contributed by atoms with Crippen molar-refractivity contribution in [1.82, 2.24) is 24.6 Å². The van der Waals surface area contributed by atoms with E-state index in [2.05, 4.69) is 25.4 Å². The molecule has 3 rings (SSSR count). The predicted octanol–water partition coefficient (Wildman–Crippen LogP) is 1.39. The number of amides is 1. The second kappa shape index (κ2) is 4.69. The van der Waals surface area contributed by atoms with E-state index in [1.165, 1.54) is 4.52 Å². The smallest absolute Gasteiger partial charge is 0.296 e. The zero-order chi connectivity index (χ0) is 14.1. The molecule has 7 heteroatoms. The Morgan fingerprint density at radius 1 is 1.20 bits per heavy atom. The van der Waals surface area contributed by atoms with Crippen LogP contribution in [0.15, 0.2) is 30.6 Å². The van der Waals surface area contributed by atoms with Crippen molar-refractivity contribution in [3.05, 3.63) is 47.7 Å². The van der Waals surface area contributed by atoms with Crippen molar-refractivity contribution in [2.75, 3.05) is 5.32 Å². The Kier molecular flexibility index (Phi) is 2.86. The maximum Gasteiger partial charge on any atom is 0.296 e. The van der Waals surface area contributed by atoms with Gasteiger partial charge < -0.3 is 5.32 Å². The lowest BCUT2D eigenvalue weighted by atomic mass is 10.3. The van der Waals surface area contributed by atoms with E-state index in [9.17, 15) is 4.79 Å². The summed E-state index contributed by atoms with van der Waals surface area (Å²) in [6, 6.07) is 5.43. The van der Waals surface area contributed by atoms with Crippen molar-refractivity contribution in [3.8, 4) is 0 Å². The summed E-state index contributed by atoms with van der Waals surface area (Å²) in [6.07, 6.45) is 3.26. The topological polar surface area (TPSA) is 85.1 Å². The van der Waals surface area contributed by atoms with Crippen LogP contribution in [0.1, 0.15) is 21.9 Å². The van der Waals surface area contributed by atoms with Gasteiger partial charge in [0, 0.05) is 18.1 Å². The molecule has 0 saturated carbocycles. The standard InChI is InChI=1S/C13H12N6O/c1-8-3-5-14-10(7-8)16-12(20)11-17-13-15-6-4-9(2)19(13)18-11/h3-7H,1-2H3,(H,14,16,20). The molecule has 7 nitrogen and oxygen atoms in total. The zero-order valence-electron chi connectivity index (χ0n) is 11.0. The molecule has 0 atom stereocenters. The van der Waals surface area contributed by atoms with Gasteiger partial charge in [0.1, 0.15) is 5.82 Å². The van der Waals surface area contributed by atoms with Crippen molar-refractivity contribution < 1.29 is 4.79 Å². The molecule has 0 saturated heterocycles. The van der Waals surface area contributed by atoms with Gasteiger partial charge >= 0.3 is 0 Å². The summed E-state index contributed by atoms with van der Waals surface area (Å²) in [5, 5.41) is 6.80. The van der Waals surface area contributed by atoms with Gasteiger partial charge in [-0.2, -0.15) is 4.98 Å². The molecule has 3 aromatic heterocycles. The molecule has 0 aromatic carbocycles. The van der Waals surface area contributed by atoms with Crippen LogP contribution in [0.5, 0.6) is 0 Å². The second-order valence-electron chi connectivity index (χ2n) is 4.41. The number of nitrogens with zero attached hydrogens (tertiary/aromatic N) is 5. The van der Waals surface area contributed by atoms with Crippen LogP contribution in [0, 0.1) is 13.8 Å². The molecular weight excluding hydrogens is 256 g/mol. The largest absolute Gasteiger partial charge is 0.304 e. The minimum atomic E-state index is -0.409. The maximum atomic E-state index is 12.1. The molecule has 0 aliphatic rings. The van der Waals surface area contributed by atoms with E-state index in [1.54, 1.807) is 24.5 Å². The minimum absolute atomic E-state index is 0.0649. The van der Waals surface area contributed by atoms with Crippen LogP contribution < -0.4 is 5.32 Å². The third kappa shape index (κ3) is 2.20. The number of aromatic nitrogens is 5. The van der Waals surface area contributed by atoms with E-state index in [1.807, 2.05) is 19.9 Å². The summed E-state index contributed by atoms with van der Waals surface area (Å²) in [4.78, 5) is 24.3. The number of anilines is 1. The van der Waals surface area contributed by atoms with E-state index < -0.39 is 5.91 Å². The number of rotatable bonds is 2. The average Bonchev–Trinajstić information content (AvgIpc) is 2.84. The number of carbonyl (C=O) groups is 1. The fourth-order valence-electron chi connectivity index (χ4n) is 1.78. The van der Waals surface area contributed by atoms with Crippen molar-refractivity contribution in [2.45, 2.75) is 13.8 Å². The lowest BCUT2D eigenvalue weighted by Gasteiger charge is -2.01. The molecule has 0 unspecified atom stereocenters. The first-order valence-electron chi connectivity index (χ1n) is 6.06. The van der Waals surface area contributed by atoms with Crippen LogP contribution in [-0.2, 0) is 0 Å². The average molecular weight is 268 g/mol. The van der Waals surface area contributed by atoms with Gasteiger partial charge in [-0.3, -0.25) is 4.79 Å². The van der Waals surface area contributed by atoms with Crippen molar-refractivity contribution in [3.63, 3.8) is 0 Å². The van der Waals surface area contributed by atoms with E-state index in [0.717, 1.165) is 11.3 Å². The molecule has 0 radical (unpaired) electrons. The van der Waals surface area contributed by atoms with E-state index in [4.69, 9.17) is 0 Å². The molecular formula is C13H12N6O. The predicted molar refractivity (Wildman–Crippen MR) is 72.4 cm³/mol. The Morgan fingerprint density at radius 3 is 2.75 bits per heavy atom. The highest BCUT2D eigenvalue weighted by molar-refractivity contribution is 6.01. The first-order chi connectivity index (χ1) is 9.63. The molecule has 0 aliphatic heterocycles. The Bertz CT molecular complexity index is 794. The monoisotopic (exact) mass is 268 g/mol. The molecule has 100 valence electrons. The number of hydrogen-bond acceptors (Lipinski definition) is 5. The van der Waals surface area contributed by atoms with Gasteiger partial charge in [0.15, 0.2) is 0 Å². The third-order valence-electron chi connectivity index (χ3n) is 2.79. The van der Waals surface area contributed by atoms with Crippen LogP contribution in [0.3, 0.4) is 0 Å². The van der Waals surface area contributed by atoms with Gasteiger partial charge in [0.25, 0.3) is 11.7 Å². The summed E-state index contributed by atoms with van der Waals surface area (Å²) in [6.45, 7) is 3.79. The van der Waals surface area contributed by atoms with Crippen LogP contribution in [0.4, 0.5) is 5.82 Å². The quantitative estimate of drug-likeness (QED) is 0.759. The molecule has 0 bridgehead atoms. The number of hydrogen-bond donors (Lipinski definition) is 1. The number of aryl methyl sites for hydroxylation is 2. The zero-order valence-corrected chi connectivity index (χ0v) is 11.0. The van der Waals surface area contributed by atoms with Crippen LogP contribution in [-0.4, -0.2) is 30.5 Å². The molecule has 0 fully saturated rings. The Morgan fingerprint density at radius 2 is 2.00 bits per heavy atom. The number of fused-ring (bicyclic) bond motifs is 1. The molecule has 1 N–H and O–H groups in total. The maximum absolute atomic E-state index is 12.1. The molecule has 0 aliphatic carbocycles. The summed E-state index contributed by atoms with van der Waals surface area (Å²) < 4.78 is 1.53. The minimum Gasteiger partial charge on any atom is -0.304 e. The normalized spacial score (nSPS) is 10.7. The third-order valence-corrected chi connectivity index (χ3v) is 2.79. The number of pyridine rings is 1. The summed E-state index contributed by atoms with van der Waals surface area (Å²) in [5.74, 6) is 0.522. The molecule has 1 amide bonds. The van der Waals surface area contributed by atoms with E-state index >= 15 is 0 Å². The number of nitrogens with one attached hydrogen (secondary N) is 1. The SMILES string of the molecule is Cc1ccnc(NC(=O)c2nc3nccc(C)n3n2)c1. The first kappa shape index (κ1) is 12.2. The molecule has 3 heterocycles. The van der Waals surface area contributed by atoms with Crippen LogP contribution >= 0.6 is 0 Å². The Balaban J connectivity index is 1.91. The fourth-order valence-corrected chi connectivity index (χ4v) is 1.78. The van der Waals surface area contributed by atoms with Gasteiger partial charge in [-0.1, -0.05) is 0 Å². The summed E-state index contributed by atoms with van der Waals surface area (Å²) >= 11 is 0. The van der Waals surface area contributed by atoms with Gasteiger partial charge in [0.05, 0.1) is 0 Å². The molecule has 3 aromatic rings. The fraction of sp³-hybridized carbons (Fsp3) is 0.154. The summed E-state index contributed by atoms with van der Waals surface area (Å²) in [5.41, 5.74) is 1.87. The molecule has 20 heavy (non-hydrogen) atoms. The highest BCUT2D eigenvalue weighted by atomic mass is 16.2. The highest BCUT2D eigenvalue weighted by Gasteiger charge is 2.14. The van der Waals surface area contributed by atoms with Crippen LogP contribution in [0.2, 0.25) is 0 Å². The number of carbonyl (C=O) groups excluding carboxylic acids is 1.